The van der Waals surface area contributed by atoms with Crippen molar-refractivity contribution >= 4 is 40.0 Å². The molecule has 1 aliphatic heterocycles. The van der Waals surface area contributed by atoms with Crippen molar-refractivity contribution in [2.24, 2.45) is 16.8 Å². The van der Waals surface area contributed by atoms with Gasteiger partial charge in [-0.05, 0) is 31.6 Å². The zero-order valence-electron chi connectivity index (χ0n) is 16.2. The molecule has 2 N–H and O–H groups in total. The molecule has 27 heavy (non-hydrogen) atoms. The monoisotopic (exact) mass is 528 g/mol. The molecule has 1 heterocycles. The minimum Gasteiger partial charge on any atom is -0.357 e. The Bertz CT molecular complexity index is 546. The molecule has 0 saturated carbocycles. The van der Waals surface area contributed by atoms with Gasteiger partial charge in [0.25, 0.3) is 0 Å². The van der Waals surface area contributed by atoms with Crippen LogP contribution in [0, 0.1) is 11.8 Å². The largest absolute Gasteiger partial charge is 0.511 e. The van der Waals surface area contributed by atoms with Gasteiger partial charge in [0.05, 0.1) is 0 Å². The van der Waals surface area contributed by atoms with Crippen LogP contribution in [0.2, 0.25) is 0 Å². The SMILES string of the molecule is CCNC(=NCC(CC)CC)NCC1CCN(S(=O)(=O)C(F)(F)F)CC1.I. The molecule has 0 bridgehead atoms. The summed E-state index contributed by atoms with van der Waals surface area (Å²) in [5.74, 6) is 1.35. The van der Waals surface area contributed by atoms with Gasteiger partial charge in [-0.2, -0.15) is 17.5 Å². The van der Waals surface area contributed by atoms with Crippen LogP contribution in [0.15, 0.2) is 4.99 Å². The van der Waals surface area contributed by atoms with Gasteiger partial charge in [-0.3, -0.25) is 4.99 Å². The number of hydrogen-bond donors (Lipinski definition) is 2. The lowest BCUT2D eigenvalue weighted by Gasteiger charge is -2.31. The highest BCUT2D eigenvalue weighted by Crippen LogP contribution is 2.30. The van der Waals surface area contributed by atoms with E-state index in [-0.39, 0.29) is 43.0 Å². The lowest BCUT2D eigenvalue weighted by molar-refractivity contribution is -0.0496. The number of hydrogen-bond acceptors (Lipinski definition) is 3. The second-order valence-corrected chi connectivity index (χ2v) is 8.51. The van der Waals surface area contributed by atoms with E-state index < -0.39 is 15.5 Å². The third-order valence-corrected chi connectivity index (χ3v) is 6.40. The van der Waals surface area contributed by atoms with Crippen molar-refractivity contribution < 1.29 is 21.6 Å². The van der Waals surface area contributed by atoms with Crippen LogP contribution in [0.3, 0.4) is 0 Å². The van der Waals surface area contributed by atoms with Gasteiger partial charge >= 0.3 is 15.5 Å². The second kappa shape index (κ2) is 12.3. The zero-order valence-corrected chi connectivity index (χ0v) is 19.3. The Morgan fingerprint density at radius 1 is 1.15 bits per heavy atom. The van der Waals surface area contributed by atoms with Crippen LogP contribution in [0.4, 0.5) is 13.2 Å². The van der Waals surface area contributed by atoms with Gasteiger partial charge in [0, 0.05) is 32.7 Å². The van der Waals surface area contributed by atoms with E-state index in [4.69, 9.17) is 0 Å². The Balaban J connectivity index is 0.00000676. The average Bonchev–Trinajstić information content (AvgIpc) is 2.59. The van der Waals surface area contributed by atoms with Crippen LogP contribution < -0.4 is 10.6 Å². The van der Waals surface area contributed by atoms with Crippen molar-refractivity contribution in [2.45, 2.75) is 52.0 Å². The number of guanidine groups is 1. The van der Waals surface area contributed by atoms with Crippen molar-refractivity contribution in [1.82, 2.24) is 14.9 Å². The first-order chi connectivity index (χ1) is 12.2. The van der Waals surface area contributed by atoms with Crippen LogP contribution in [-0.2, 0) is 10.0 Å². The number of alkyl halides is 3. The Hall–Kier alpha value is -0.300. The van der Waals surface area contributed by atoms with Gasteiger partial charge < -0.3 is 10.6 Å². The maximum absolute atomic E-state index is 12.6. The molecular formula is C16H32F3IN4O2S. The highest BCUT2D eigenvalue weighted by atomic mass is 127. The highest BCUT2D eigenvalue weighted by Gasteiger charge is 2.50. The van der Waals surface area contributed by atoms with Crippen LogP contribution >= 0.6 is 24.0 Å². The third-order valence-electron chi connectivity index (χ3n) is 4.77. The molecule has 0 unspecified atom stereocenters. The topological polar surface area (TPSA) is 73.8 Å². The molecule has 6 nitrogen and oxygen atoms in total. The Labute approximate surface area is 177 Å². The van der Waals surface area contributed by atoms with Crippen LogP contribution in [0.5, 0.6) is 0 Å². The third kappa shape index (κ3) is 8.30. The van der Waals surface area contributed by atoms with Crippen molar-refractivity contribution in [3.8, 4) is 0 Å². The summed E-state index contributed by atoms with van der Waals surface area (Å²) in [6, 6.07) is 0. The van der Waals surface area contributed by atoms with E-state index in [2.05, 4.69) is 29.5 Å². The van der Waals surface area contributed by atoms with Gasteiger partial charge in [-0.15, -0.1) is 24.0 Å². The van der Waals surface area contributed by atoms with Crippen LogP contribution in [0.1, 0.15) is 46.5 Å². The summed E-state index contributed by atoms with van der Waals surface area (Å²) in [4.78, 5) is 4.57. The molecule has 0 aromatic heterocycles. The number of rotatable bonds is 8. The predicted molar refractivity (Wildman–Crippen MR) is 113 cm³/mol. The molecule has 0 amide bonds. The fourth-order valence-electron chi connectivity index (χ4n) is 2.85. The molecule has 1 fully saturated rings. The molecule has 1 saturated heterocycles. The fourth-order valence-corrected chi connectivity index (χ4v) is 3.83. The van der Waals surface area contributed by atoms with Crippen molar-refractivity contribution in [1.29, 1.82) is 0 Å². The van der Waals surface area contributed by atoms with E-state index in [1.807, 2.05) is 6.92 Å². The normalized spacial score (nSPS) is 17.7. The van der Waals surface area contributed by atoms with E-state index in [0.717, 1.165) is 25.9 Å². The lowest BCUT2D eigenvalue weighted by Crippen LogP contribution is -2.47. The summed E-state index contributed by atoms with van der Waals surface area (Å²) in [5.41, 5.74) is -5.22. The summed E-state index contributed by atoms with van der Waals surface area (Å²) < 4.78 is 61.2. The summed E-state index contributed by atoms with van der Waals surface area (Å²) in [7, 11) is -5.21. The van der Waals surface area contributed by atoms with E-state index in [1.54, 1.807) is 0 Å². The Morgan fingerprint density at radius 2 is 1.70 bits per heavy atom. The summed E-state index contributed by atoms with van der Waals surface area (Å²) in [6.45, 7) is 8.04. The molecule has 162 valence electrons. The smallest absolute Gasteiger partial charge is 0.357 e. The highest BCUT2D eigenvalue weighted by molar-refractivity contribution is 14.0. The molecule has 1 rings (SSSR count). The van der Waals surface area contributed by atoms with Gasteiger partial charge in [-0.25, -0.2) is 8.42 Å². The molecule has 0 radical (unpaired) electrons. The first kappa shape index (κ1) is 26.7. The van der Waals surface area contributed by atoms with Gasteiger partial charge in [0.15, 0.2) is 5.96 Å². The number of nitrogens with one attached hydrogen (secondary N) is 2. The molecular weight excluding hydrogens is 496 g/mol. The fraction of sp³-hybridized carbons (Fsp3) is 0.938. The molecule has 11 heteroatoms. The van der Waals surface area contributed by atoms with Gasteiger partial charge in [0.2, 0.25) is 0 Å². The Morgan fingerprint density at radius 3 is 2.15 bits per heavy atom. The lowest BCUT2D eigenvalue weighted by atomic mass is 9.98. The molecule has 1 aliphatic rings. The van der Waals surface area contributed by atoms with Gasteiger partial charge in [-0.1, -0.05) is 26.7 Å². The second-order valence-electron chi connectivity index (χ2n) is 6.58. The van der Waals surface area contributed by atoms with Gasteiger partial charge in [0.1, 0.15) is 0 Å². The first-order valence-corrected chi connectivity index (χ1v) is 10.7. The minimum atomic E-state index is -5.22. The van der Waals surface area contributed by atoms with E-state index in [1.165, 1.54) is 0 Å². The number of nitrogens with zero attached hydrogens (tertiary/aromatic N) is 2. The minimum absolute atomic E-state index is 0. The first-order valence-electron chi connectivity index (χ1n) is 9.24. The summed E-state index contributed by atoms with van der Waals surface area (Å²) in [6.07, 6.45) is 2.92. The standard InChI is InChI=1S/C16H31F3N4O2S.HI/c1-4-13(5-2)11-21-15(20-6-3)22-12-14-7-9-23(10-8-14)26(24,25)16(17,18)19;/h13-14H,4-12H2,1-3H3,(H2,20,21,22);1H. The molecule has 0 aromatic rings. The van der Waals surface area contributed by atoms with E-state index in [0.29, 0.717) is 35.6 Å². The number of halogens is 4. The molecule has 0 spiro atoms. The molecule has 0 atom stereocenters. The summed E-state index contributed by atoms with van der Waals surface area (Å²) >= 11 is 0. The van der Waals surface area contributed by atoms with Crippen molar-refractivity contribution in [3.05, 3.63) is 0 Å². The van der Waals surface area contributed by atoms with Crippen molar-refractivity contribution in [3.63, 3.8) is 0 Å². The molecule has 0 aromatic carbocycles. The van der Waals surface area contributed by atoms with Crippen LogP contribution in [0.25, 0.3) is 0 Å². The average molecular weight is 528 g/mol. The van der Waals surface area contributed by atoms with E-state index >= 15 is 0 Å². The quantitative estimate of drug-likeness (QED) is 0.289. The Kier molecular flexibility index (Phi) is 12.2. The number of sulfonamides is 1. The predicted octanol–water partition coefficient (Wildman–Crippen LogP) is 3.16. The maximum Gasteiger partial charge on any atom is 0.511 e. The summed E-state index contributed by atoms with van der Waals surface area (Å²) in [5, 5.41) is 6.39. The van der Waals surface area contributed by atoms with Crippen LogP contribution in [-0.4, -0.2) is 56.9 Å². The zero-order chi connectivity index (χ0) is 19.8. The number of aliphatic imine (C=N–C) groups is 1. The molecule has 0 aliphatic carbocycles. The van der Waals surface area contributed by atoms with E-state index in [9.17, 15) is 21.6 Å². The maximum atomic E-state index is 12.6. The number of piperidine rings is 1. The van der Waals surface area contributed by atoms with Crippen molar-refractivity contribution in [2.75, 3.05) is 32.7 Å².